The van der Waals surface area contributed by atoms with Crippen molar-refractivity contribution in [3.63, 3.8) is 0 Å². The molecular weight excluding hydrogens is 268 g/mol. The van der Waals surface area contributed by atoms with Crippen LogP contribution in [-0.4, -0.2) is 13.1 Å². The lowest BCUT2D eigenvalue weighted by atomic mass is 10.3. The lowest BCUT2D eigenvalue weighted by molar-refractivity contribution is 0.626. The summed E-state index contributed by atoms with van der Waals surface area (Å²) in [5.74, 6) is -0.247. The van der Waals surface area contributed by atoms with Crippen molar-refractivity contribution in [1.29, 1.82) is 0 Å². The summed E-state index contributed by atoms with van der Waals surface area (Å²) in [6.07, 6.45) is 2.31. The Morgan fingerprint density at radius 3 is 2.57 bits per heavy atom. The summed E-state index contributed by atoms with van der Waals surface area (Å²) in [6.45, 7) is 1.94. The van der Waals surface area contributed by atoms with Crippen molar-refractivity contribution in [3.8, 4) is 0 Å². The fourth-order valence-electron chi connectivity index (χ4n) is 1.73. The van der Waals surface area contributed by atoms with Gasteiger partial charge in [0.25, 0.3) is 0 Å². The molecule has 14 heavy (non-hydrogen) atoms. The molecule has 1 aromatic carbocycles. The van der Waals surface area contributed by atoms with Gasteiger partial charge in [0.2, 0.25) is 0 Å². The average Bonchev–Trinajstić information content (AvgIpc) is 2.63. The number of benzene rings is 1. The number of halogens is 3. The first-order chi connectivity index (χ1) is 6.68. The van der Waals surface area contributed by atoms with Gasteiger partial charge in [0.05, 0.1) is 10.7 Å². The van der Waals surface area contributed by atoms with E-state index in [0.29, 0.717) is 9.50 Å². The lowest BCUT2D eigenvalue weighted by Crippen LogP contribution is -2.18. The Kier molecular flexibility index (Phi) is 2.98. The monoisotopic (exact) mass is 277 g/mol. The Bertz CT molecular complexity index is 350. The molecule has 0 radical (unpaired) electrons. The van der Waals surface area contributed by atoms with E-state index in [4.69, 9.17) is 11.6 Å². The van der Waals surface area contributed by atoms with E-state index in [-0.39, 0.29) is 5.82 Å². The first-order valence-corrected chi connectivity index (χ1v) is 5.75. The average molecular weight is 279 g/mol. The van der Waals surface area contributed by atoms with Crippen LogP contribution in [0.3, 0.4) is 0 Å². The van der Waals surface area contributed by atoms with Gasteiger partial charge in [0, 0.05) is 17.6 Å². The van der Waals surface area contributed by atoms with E-state index in [1.807, 2.05) is 0 Å². The minimum Gasteiger partial charge on any atom is -0.370 e. The van der Waals surface area contributed by atoms with Crippen molar-refractivity contribution in [3.05, 3.63) is 27.4 Å². The van der Waals surface area contributed by atoms with Gasteiger partial charge in [-0.05, 0) is 40.9 Å². The zero-order chi connectivity index (χ0) is 10.1. The Balaban J connectivity index is 2.40. The second-order valence-corrected chi connectivity index (χ2v) is 4.65. The van der Waals surface area contributed by atoms with E-state index in [1.165, 1.54) is 12.1 Å². The molecular formula is C10H10BrClFN. The molecule has 1 aromatic rings. The Hall–Kier alpha value is -0.280. The number of rotatable bonds is 1. The predicted octanol–water partition coefficient (Wildman–Crippen LogP) is 3.84. The number of hydrogen-bond donors (Lipinski definition) is 0. The van der Waals surface area contributed by atoms with E-state index in [2.05, 4.69) is 20.8 Å². The predicted molar refractivity (Wildman–Crippen MR) is 60.6 cm³/mol. The third-order valence-corrected chi connectivity index (χ3v) is 3.67. The molecule has 1 aliphatic rings. The van der Waals surface area contributed by atoms with Crippen molar-refractivity contribution in [2.45, 2.75) is 12.8 Å². The van der Waals surface area contributed by atoms with Crippen LogP contribution in [-0.2, 0) is 0 Å². The molecule has 0 saturated carbocycles. The van der Waals surface area contributed by atoms with Gasteiger partial charge in [0.15, 0.2) is 0 Å². The topological polar surface area (TPSA) is 3.24 Å². The molecule has 4 heteroatoms. The van der Waals surface area contributed by atoms with Crippen LogP contribution in [0.4, 0.5) is 10.1 Å². The van der Waals surface area contributed by atoms with Gasteiger partial charge in [0.1, 0.15) is 5.82 Å². The largest absolute Gasteiger partial charge is 0.370 e. The molecule has 0 aromatic heterocycles. The number of anilines is 1. The molecule has 1 saturated heterocycles. The molecule has 1 aliphatic heterocycles. The van der Waals surface area contributed by atoms with Crippen molar-refractivity contribution < 1.29 is 4.39 Å². The molecule has 0 bridgehead atoms. The molecule has 2 rings (SSSR count). The van der Waals surface area contributed by atoms with Crippen LogP contribution in [0.2, 0.25) is 5.02 Å². The first-order valence-electron chi connectivity index (χ1n) is 4.58. The third kappa shape index (κ3) is 1.89. The first kappa shape index (κ1) is 10.2. The van der Waals surface area contributed by atoms with E-state index in [1.54, 1.807) is 0 Å². The molecule has 0 aliphatic carbocycles. The van der Waals surface area contributed by atoms with E-state index >= 15 is 0 Å². The van der Waals surface area contributed by atoms with Crippen molar-refractivity contribution in [1.82, 2.24) is 0 Å². The Labute approximate surface area is 96.0 Å². The van der Waals surface area contributed by atoms with E-state index in [0.717, 1.165) is 31.6 Å². The van der Waals surface area contributed by atoms with E-state index < -0.39 is 0 Å². The van der Waals surface area contributed by atoms with Gasteiger partial charge in [-0.3, -0.25) is 0 Å². The molecule has 0 amide bonds. The fraction of sp³-hybridized carbons (Fsp3) is 0.400. The highest BCUT2D eigenvalue weighted by atomic mass is 79.9. The summed E-state index contributed by atoms with van der Waals surface area (Å²) in [5, 5.41) is 0.605. The molecule has 1 heterocycles. The van der Waals surface area contributed by atoms with Crippen molar-refractivity contribution in [2.75, 3.05) is 18.0 Å². The summed E-state index contributed by atoms with van der Waals surface area (Å²) < 4.78 is 13.8. The SMILES string of the molecule is Fc1cc(Br)c(Cl)c(N2CCCC2)c1. The normalized spacial score (nSPS) is 16.4. The number of hydrogen-bond acceptors (Lipinski definition) is 1. The minimum atomic E-state index is -0.247. The highest BCUT2D eigenvalue weighted by molar-refractivity contribution is 9.10. The molecule has 0 atom stereocenters. The van der Waals surface area contributed by atoms with Gasteiger partial charge in [-0.15, -0.1) is 0 Å². The summed E-state index contributed by atoms with van der Waals surface area (Å²) in [6, 6.07) is 2.89. The summed E-state index contributed by atoms with van der Waals surface area (Å²) in [7, 11) is 0. The molecule has 0 unspecified atom stereocenters. The number of nitrogens with zero attached hydrogens (tertiary/aromatic N) is 1. The second kappa shape index (κ2) is 4.07. The van der Waals surface area contributed by atoms with Gasteiger partial charge >= 0.3 is 0 Å². The minimum absolute atomic E-state index is 0.247. The molecule has 0 spiro atoms. The lowest BCUT2D eigenvalue weighted by Gasteiger charge is -2.19. The van der Waals surface area contributed by atoms with Gasteiger partial charge in [-0.25, -0.2) is 4.39 Å². The Morgan fingerprint density at radius 1 is 1.29 bits per heavy atom. The second-order valence-electron chi connectivity index (χ2n) is 3.41. The van der Waals surface area contributed by atoms with Crippen LogP contribution in [0.5, 0.6) is 0 Å². The molecule has 1 fully saturated rings. The maximum atomic E-state index is 13.1. The van der Waals surface area contributed by atoms with Crippen LogP contribution < -0.4 is 4.90 Å². The molecule has 76 valence electrons. The zero-order valence-corrected chi connectivity index (χ0v) is 9.91. The van der Waals surface area contributed by atoms with Crippen molar-refractivity contribution in [2.24, 2.45) is 0 Å². The van der Waals surface area contributed by atoms with Crippen LogP contribution in [0, 0.1) is 5.82 Å². The van der Waals surface area contributed by atoms with Gasteiger partial charge in [-0.2, -0.15) is 0 Å². The highest BCUT2D eigenvalue weighted by Gasteiger charge is 2.17. The van der Waals surface area contributed by atoms with Crippen LogP contribution in [0.1, 0.15) is 12.8 Å². The summed E-state index contributed by atoms with van der Waals surface area (Å²) in [5.41, 5.74) is 0.802. The highest BCUT2D eigenvalue weighted by Crippen LogP contribution is 2.35. The summed E-state index contributed by atoms with van der Waals surface area (Å²) in [4.78, 5) is 2.12. The zero-order valence-electron chi connectivity index (χ0n) is 7.56. The van der Waals surface area contributed by atoms with Gasteiger partial charge < -0.3 is 4.90 Å². The summed E-state index contributed by atoms with van der Waals surface area (Å²) >= 11 is 9.34. The maximum Gasteiger partial charge on any atom is 0.126 e. The van der Waals surface area contributed by atoms with E-state index in [9.17, 15) is 4.39 Å². The third-order valence-electron chi connectivity index (χ3n) is 2.42. The smallest absolute Gasteiger partial charge is 0.126 e. The van der Waals surface area contributed by atoms with Gasteiger partial charge in [-0.1, -0.05) is 11.6 Å². The standard InChI is InChI=1S/C10H10BrClFN/c11-8-5-7(13)6-9(10(8)12)14-3-1-2-4-14/h5-6H,1-4H2. The Morgan fingerprint density at radius 2 is 1.93 bits per heavy atom. The maximum absolute atomic E-state index is 13.1. The molecule has 0 N–H and O–H groups in total. The van der Waals surface area contributed by atoms with Crippen LogP contribution in [0.15, 0.2) is 16.6 Å². The molecule has 1 nitrogen and oxygen atoms in total. The van der Waals surface area contributed by atoms with Crippen molar-refractivity contribution >= 4 is 33.2 Å². The quantitative estimate of drug-likeness (QED) is 0.706. The van der Waals surface area contributed by atoms with Crippen LogP contribution >= 0.6 is 27.5 Å². The fourth-order valence-corrected chi connectivity index (χ4v) is 2.38. The van der Waals surface area contributed by atoms with Crippen LogP contribution in [0.25, 0.3) is 0 Å².